The van der Waals surface area contributed by atoms with Gasteiger partial charge in [0.05, 0.1) is 10.6 Å². The van der Waals surface area contributed by atoms with Gasteiger partial charge in [-0.1, -0.05) is 11.6 Å². The van der Waals surface area contributed by atoms with Crippen LogP contribution in [0.15, 0.2) is 36.7 Å². The van der Waals surface area contributed by atoms with Crippen LogP contribution in [0.4, 0.5) is 5.69 Å². The van der Waals surface area contributed by atoms with Crippen LogP contribution in [0.1, 0.15) is 21.5 Å². The molecule has 2 aromatic rings. The van der Waals surface area contributed by atoms with Crippen molar-refractivity contribution in [3.63, 3.8) is 0 Å². The molecule has 5 heteroatoms. The van der Waals surface area contributed by atoms with Gasteiger partial charge in [0.25, 0.3) is 0 Å². The van der Waals surface area contributed by atoms with Gasteiger partial charge in [-0.15, -0.1) is 0 Å². The molecule has 1 aromatic heterocycles. The van der Waals surface area contributed by atoms with Crippen molar-refractivity contribution < 1.29 is 9.53 Å². The van der Waals surface area contributed by atoms with E-state index in [2.05, 4.69) is 4.98 Å². The standard InChI is InChI=1S/C14H13ClN2O2/c1-9-6-10(2-3-13(9)16)14(18)19-8-11-4-5-17-7-12(11)15/h2-7H,8,16H2,1H3. The predicted octanol–water partition coefficient (Wildman–Crippen LogP) is 2.98. The first-order valence-corrected chi connectivity index (χ1v) is 6.07. The van der Waals surface area contributed by atoms with Gasteiger partial charge in [0.1, 0.15) is 6.61 Å². The highest BCUT2D eigenvalue weighted by molar-refractivity contribution is 6.31. The smallest absolute Gasteiger partial charge is 0.338 e. The Balaban J connectivity index is 2.05. The van der Waals surface area contributed by atoms with Crippen molar-refractivity contribution >= 4 is 23.3 Å². The fourth-order valence-corrected chi connectivity index (χ4v) is 1.72. The van der Waals surface area contributed by atoms with E-state index in [1.54, 1.807) is 30.5 Å². The molecule has 0 fully saturated rings. The van der Waals surface area contributed by atoms with Gasteiger partial charge < -0.3 is 10.5 Å². The number of nitrogens with two attached hydrogens (primary N) is 1. The van der Waals surface area contributed by atoms with Crippen molar-refractivity contribution in [2.45, 2.75) is 13.5 Å². The monoisotopic (exact) mass is 276 g/mol. The Labute approximate surface area is 116 Å². The molecule has 0 amide bonds. The zero-order valence-electron chi connectivity index (χ0n) is 10.4. The molecule has 0 radical (unpaired) electrons. The van der Waals surface area contributed by atoms with E-state index in [9.17, 15) is 4.79 Å². The van der Waals surface area contributed by atoms with Crippen molar-refractivity contribution in [1.82, 2.24) is 4.98 Å². The quantitative estimate of drug-likeness (QED) is 0.691. The summed E-state index contributed by atoms with van der Waals surface area (Å²) in [6.07, 6.45) is 3.11. The van der Waals surface area contributed by atoms with Crippen LogP contribution in [-0.2, 0) is 11.3 Å². The van der Waals surface area contributed by atoms with Gasteiger partial charge >= 0.3 is 5.97 Å². The van der Waals surface area contributed by atoms with E-state index >= 15 is 0 Å². The summed E-state index contributed by atoms with van der Waals surface area (Å²) in [7, 11) is 0. The molecule has 0 aliphatic heterocycles. The number of aromatic nitrogens is 1. The van der Waals surface area contributed by atoms with Crippen LogP contribution in [0.2, 0.25) is 5.02 Å². The number of aryl methyl sites for hydroxylation is 1. The van der Waals surface area contributed by atoms with Crippen molar-refractivity contribution in [3.05, 3.63) is 58.4 Å². The second kappa shape index (κ2) is 5.71. The van der Waals surface area contributed by atoms with Gasteiger partial charge in [0.2, 0.25) is 0 Å². The first-order chi connectivity index (χ1) is 9.08. The van der Waals surface area contributed by atoms with E-state index < -0.39 is 5.97 Å². The fourth-order valence-electron chi connectivity index (χ4n) is 1.55. The molecule has 0 aliphatic carbocycles. The third-order valence-electron chi connectivity index (χ3n) is 2.72. The van der Waals surface area contributed by atoms with Gasteiger partial charge in [0, 0.05) is 23.6 Å². The number of nitrogens with zero attached hydrogens (tertiary/aromatic N) is 1. The molecular weight excluding hydrogens is 264 g/mol. The number of carbonyl (C=O) groups is 1. The summed E-state index contributed by atoms with van der Waals surface area (Å²) in [4.78, 5) is 15.7. The minimum atomic E-state index is -0.407. The molecule has 0 saturated carbocycles. The zero-order valence-corrected chi connectivity index (χ0v) is 11.1. The number of hydrogen-bond donors (Lipinski definition) is 1. The first-order valence-electron chi connectivity index (χ1n) is 5.69. The number of hydrogen-bond acceptors (Lipinski definition) is 4. The van der Waals surface area contributed by atoms with E-state index in [4.69, 9.17) is 22.1 Å². The Morgan fingerprint density at radius 3 is 2.89 bits per heavy atom. The molecule has 0 bridgehead atoms. The van der Waals surface area contributed by atoms with Crippen molar-refractivity contribution in [2.75, 3.05) is 5.73 Å². The first kappa shape index (κ1) is 13.4. The van der Waals surface area contributed by atoms with Gasteiger partial charge in [-0.05, 0) is 36.8 Å². The molecule has 4 nitrogen and oxygen atoms in total. The Kier molecular flexibility index (Phi) is 4.02. The molecule has 0 spiro atoms. The maximum absolute atomic E-state index is 11.9. The number of pyridine rings is 1. The van der Waals surface area contributed by atoms with Gasteiger partial charge in [0.15, 0.2) is 0 Å². The normalized spacial score (nSPS) is 10.2. The SMILES string of the molecule is Cc1cc(C(=O)OCc2ccncc2Cl)ccc1N. The number of nitrogen functional groups attached to an aromatic ring is 1. The number of ether oxygens (including phenoxy) is 1. The highest BCUT2D eigenvalue weighted by Gasteiger charge is 2.09. The summed E-state index contributed by atoms with van der Waals surface area (Å²) in [6, 6.07) is 6.74. The van der Waals surface area contributed by atoms with Crippen LogP contribution >= 0.6 is 11.6 Å². The van der Waals surface area contributed by atoms with E-state index in [0.29, 0.717) is 16.3 Å². The van der Waals surface area contributed by atoms with E-state index in [0.717, 1.165) is 11.1 Å². The molecule has 2 rings (SSSR count). The van der Waals surface area contributed by atoms with Crippen LogP contribution in [0.5, 0.6) is 0 Å². The fraction of sp³-hybridized carbons (Fsp3) is 0.143. The summed E-state index contributed by atoms with van der Waals surface area (Å²) in [5.74, 6) is -0.407. The Bertz CT molecular complexity index is 614. The minimum Gasteiger partial charge on any atom is -0.457 e. The summed E-state index contributed by atoms with van der Waals surface area (Å²) >= 11 is 5.93. The van der Waals surface area contributed by atoms with E-state index in [-0.39, 0.29) is 6.61 Å². The second-order valence-corrected chi connectivity index (χ2v) is 4.52. The number of rotatable bonds is 3. The predicted molar refractivity (Wildman–Crippen MR) is 74.0 cm³/mol. The highest BCUT2D eigenvalue weighted by atomic mass is 35.5. The Hall–Kier alpha value is -2.07. The third-order valence-corrected chi connectivity index (χ3v) is 3.06. The second-order valence-electron chi connectivity index (χ2n) is 4.11. The van der Waals surface area contributed by atoms with Gasteiger partial charge in [-0.25, -0.2) is 4.79 Å². The lowest BCUT2D eigenvalue weighted by atomic mass is 10.1. The molecule has 0 aliphatic rings. The summed E-state index contributed by atoms with van der Waals surface area (Å²) in [5.41, 5.74) is 8.38. The van der Waals surface area contributed by atoms with Crippen LogP contribution in [0, 0.1) is 6.92 Å². The summed E-state index contributed by atoms with van der Waals surface area (Å²) in [6.45, 7) is 1.95. The maximum Gasteiger partial charge on any atom is 0.338 e. The van der Waals surface area contributed by atoms with Crippen LogP contribution < -0.4 is 5.73 Å². The van der Waals surface area contributed by atoms with Crippen LogP contribution in [-0.4, -0.2) is 11.0 Å². The molecule has 1 heterocycles. The molecule has 0 atom stereocenters. The lowest BCUT2D eigenvalue weighted by Crippen LogP contribution is -2.06. The van der Waals surface area contributed by atoms with Gasteiger partial charge in [-0.2, -0.15) is 0 Å². The third kappa shape index (κ3) is 3.23. The number of carbonyl (C=O) groups excluding carboxylic acids is 1. The van der Waals surface area contributed by atoms with E-state index in [1.807, 2.05) is 6.92 Å². The largest absolute Gasteiger partial charge is 0.457 e. The number of esters is 1. The van der Waals surface area contributed by atoms with Crippen molar-refractivity contribution in [2.24, 2.45) is 0 Å². The summed E-state index contributed by atoms with van der Waals surface area (Å²) < 4.78 is 5.20. The number of benzene rings is 1. The molecule has 19 heavy (non-hydrogen) atoms. The van der Waals surface area contributed by atoms with Crippen molar-refractivity contribution in [1.29, 1.82) is 0 Å². The molecule has 98 valence electrons. The zero-order chi connectivity index (χ0) is 13.8. The molecule has 0 saturated heterocycles. The highest BCUT2D eigenvalue weighted by Crippen LogP contribution is 2.17. The minimum absolute atomic E-state index is 0.115. The molecular formula is C14H13ClN2O2. The van der Waals surface area contributed by atoms with E-state index in [1.165, 1.54) is 6.20 Å². The molecule has 0 unspecified atom stereocenters. The Morgan fingerprint density at radius 1 is 1.42 bits per heavy atom. The average Bonchev–Trinajstić information content (AvgIpc) is 2.40. The lowest BCUT2D eigenvalue weighted by molar-refractivity contribution is 0.0472. The summed E-state index contributed by atoms with van der Waals surface area (Å²) in [5, 5.41) is 0.476. The topological polar surface area (TPSA) is 65.2 Å². The molecule has 1 aromatic carbocycles. The number of halogens is 1. The number of anilines is 1. The van der Waals surface area contributed by atoms with Crippen LogP contribution in [0.3, 0.4) is 0 Å². The maximum atomic E-state index is 11.9. The molecule has 2 N–H and O–H groups in total. The van der Waals surface area contributed by atoms with Crippen molar-refractivity contribution in [3.8, 4) is 0 Å². The van der Waals surface area contributed by atoms with Crippen LogP contribution in [0.25, 0.3) is 0 Å². The Morgan fingerprint density at radius 2 is 2.21 bits per heavy atom. The average molecular weight is 277 g/mol. The lowest BCUT2D eigenvalue weighted by Gasteiger charge is -2.07. The van der Waals surface area contributed by atoms with Gasteiger partial charge in [-0.3, -0.25) is 4.98 Å².